The first-order chi connectivity index (χ1) is 8.29. The zero-order valence-electron chi connectivity index (χ0n) is 11.0. The average Bonchev–Trinajstić information content (AvgIpc) is 2.84. The third-order valence-corrected chi connectivity index (χ3v) is 4.09. The molecule has 0 aromatic rings. The lowest BCUT2D eigenvalue weighted by atomic mass is 9.87. The molecule has 1 saturated carbocycles. The predicted molar refractivity (Wildman–Crippen MR) is 68.1 cm³/mol. The summed E-state index contributed by atoms with van der Waals surface area (Å²) in [6.45, 7) is 6.10. The van der Waals surface area contributed by atoms with E-state index in [4.69, 9.17) is 4.74 Å². The number of ether oxygens (including phenoxy) is 1. The maximum absolute atomic E-state index is 11.8. The van der Waals surface area contributed by atoms with E-state index in [0.29, 0.717) is 17.8 Å². The van der Waals surface area contributed by atoms with E-state index in [2.05, 4.69) is 11.8 Å². The first kappa shape index (κ1) is 13.0. The van der Waals surface area contributed by atoms with Crippen LogP contribution in [0.5, 0.6) is 0 Å². The van der Waals surface area contributed by atoms with Crippen LogP contribution in [0.1, 0.15) is 45.4 Å². The highest BCUT2D eigenvalue weighted by Crippen LogP contribution is 2.22. The normalized spacial score (nSPS) is 30.1. The second-order valence-corrected chi connectivity index (χ2v) is 5.40. The van der Waals surface area contributed by atoms with E-state index in [1.54, 1.807) is 0 Å². The van der Waals surface area contributed by atoms with Crippen LogP contribution in [-0.2, 0) is 9.53 Å². The van der Waals surface area contributed by atoms with Gasteiger partial charge in [-0.1, -0.05) is 13.3 Å². The van der Waals surface area contributed by atoms with E-state index in [-0.39, 0.29) is 0 Å². The van der Waals surface area contributed by atoms with Gasteiger partial charge in [-0.2, -0.15) is 0 Å². The Morgan fingerprint density at radius 2 is 2.12 bits per heavy atom. The lowest BCUT2D eigenvalue weighted by Crippen LogP contribution is -2.38. The summed E-state index contributed by atoms with van der Waals surface area (Å²) in [5.74, 6) is 0.784. The quantitative estimate of drug-likeness (QED) is 0.737. The van der Waals surface area contributed by atoms with Gasteiger partial charge in [-0.15, -0.1) is 0 Å². The summed E-state index contributed by atoms with van der Waals surface area (Å²) in [4.78, 5) is 14.2. The largest absolute Gasteiger partial charge is 0.377 e. The molecule has 17 heavy (non-hydrogen) atoms. The number of hydrogen-bond donors (Lipinski definition) is 0. The molecule has 3 heteroatoms. The van der Waals surface area contributed by atoms with Gasteiger partial charge < -0.3 is 9.64 Å². The van der Waals surface area contributed by atoms with E-state index >= 15 is 0 Å². The summed E-state index contributed by atoms with van der Waals surface area (Å²) < 4.78 is 5.67. The smallest absolute Gasteiger partial charge is 0.137 e. The molecule has 0 amide bonds. The van der Waals surface area contributed by atoms with Crippen LogP contribution in [0.2, 0.25) is 0 Å². The van der Waals surface area contributed by atoms with E-state index in [0.717, 1.165) is 45.5 Å². The molecule has 0 spiro atoms. The van der Waals surface area contributed by atoms with Crippen LogP contribution in [-0.4, -0.2) is 43.0 Å². The van der Waals surface area contributed by atoms with Crippen molar-refractivity contribution >= 4 is 5.78 Å². The van der Waals surface area contributed by atoms with Crippen LogP contribution in [0.4, 0.5) is 0 Å². The summed E-state index contributed by atoms with van der Waals surface area (Å²) >= 11 is 0. The Hall–Kier alpha value is -0.410. The van der Waals surface area contributed by atoms with Gasteiger partial charge in [0.05, 0.1) is 6.10 Å². The lowest BCUT2D eigenvalue weighted by Gasteiger charge is -2.29. The summed E-state index contributed by atoms with van der Waals surface area (Å²) in [5.41, 5.74) is 0. The van der Waals surface area contributed by atoms with Gasteiger partial charge in [-0.05, 0) is 32.2 Å². The first-order valence-corrected chi connectivity index (χ1v) is 7.16. The zero-order chi connectivity index (χ0) is 12.1. The molecule has 2 rings (SSSR count). The number of carbonyl (C=O) groups excluding carboxylic acids is 1. The third-order valence-electron chi connectivity index (χ3n) is 4.09. The van der Waals surface area contributed by atoms with Crippen LogP contribution in [0.3, 0.4) is 0 Å². The second kappa shape index (κ2) is 6.50. The molecule has 1 aliphatic carbocycles. The van der Waals surface area contributed by atoms with E-state index in [1.807, 2.05) is 0 Å². The maximum Gasteiger partial charge on any atom is 0.137 e. The molecule has 2 fully saturated rings. The van der Waals surface area contributed by atoms with Crippen molar-refractivity contribution in [3.8, 4) is 0 Å². The molecule has 2 aliphatic rings. The van der Waals surface area contributed by atoms with Crippen molar-refractivity contribution in [1.29, 1.82) is 0 Å². The highest BCUT2D eigenvalue weighted by Gasteiger charge is 2.26. The number of Topliss-reactive ketones (excluding diaryl/α,β-unsaturated/α-hetero) is 1. The van der Waals surface area contributed by atoms with Crippen molar-refractivity contribution in [3.63, 3.8) is 0 Å². The summed E-state index contributed by atoms with van der Waals surface area (Å²) in [7, 11) is 0. The van der Waals surface area contributed by atoms with Crippen LogP contribution >= 0.6 is 0 Å². The van der Waals surface area contributed by atoms with Crippen LogP contribution < -0.4 is 0 Å². The van der Waals surface area contributed by atoms with E-state index in [9.17, 15) is 4.79 Å². The summed E-state index contributed by atoms with van der Waals surface area (Å²) in [5, 5.41) is 0. The van der Waals surface area contributed by atoms with Gasteiger partial charge in [-0.25, -0.2) is 0 Å². The molecule has 0 aromatic carbocycles. The van der Waals surface area contributed by atoms with Gasteiger partial charge in [0.25, 0.3) is 0 Å². The molecule has 2 atom stereocenters. The lowest BCUT2D eigenvalue weighted by molar-refractivity contribution is -0.125. The highest BCUT2D eigenvalue weighted by atomic mass is 16.5. The van der Waals surface area contributed by atoms with Crippen LogP contribution in [0.25, 0.3) is 0 Å². The van der Waals surface area contributed by atoms with E-state index < -0.39 is 0 Å². The SMILES string of the molecule is CCN(CC1CCCO1)CC1CCCCC1=O. The molecule has 0 radical (unpaired) electrons. The number of ketones is 1. The Morgan fingerprint density at radius 3 is 2.76 bits per heavy atom. The molecule has 2 unspecified atom stereocenters. The van der Waals surface area contributed by atoms with Gasteiger partial charge in [0.2, 0.25) is 0 Å². The van der Waals surface area contributed by atoms with Crippen molar-refractivity contribution in [2.45, 2.75) is 51.6 Å². The molecular weight excluding hydrogens is 214 g/mol. The molecule has 1 heterocycles. The van der Waals surface area contributed by atoms with Gasteiger partial charge in [-0.3, -0.25) is 4.79 Å². The summed E-state index contributed by atoms with van der Waals surface area (Å²) in [6.07, 6.45) is 7.04. The Morgan fingerprint density at radius 1 is 1.24 bits per heavy atom. The van der Waals surface area contributed by atoms with Crippen molar-refractivity contribution in [2.75, 3.05) is 26.2 Å². The van der Waals surface area contributed by atoms with Gasteiger partial charge in [0.1, 0.15) is 5.78 Å². The first-order valence-electron chi connectivity index (χ1n) is 7.16. The minimum absolute atomic E-state index is 0.296. The van der Waals surface area contributed by atoms with Gasteiger partial charge in [0, 0.05) is 32.0 Å². The summed E-state index contributed by atoms with van der Waals surface area (Å²) in [6, 6.07) is 0. The van der Waals surface area contributed by atoms with Crippen molar-refractivity contribution in [1.82, 2.24) is 4.90 Å². The van der Waals surface area contributed by atoms with Gasteiger partial charge in [0.15, 0.2) is 0 Å². The topological polar surface area (TPSA) is 29.5 Å². The van der Waals surface area contributed by atoms with Crippen molar-refractivity contribution in [2.24, 2.45) is 5.92 Å². The monoisotopic (exact) mass is 239 g/mol. The number of nitrogens with zero attached hydrogens (tertiary/aromatic N) is 1. The molecule has 1 saturated heterocycles. The fourth-order valence-corrected chi connectivity index (χ4v) is 2.97. The Bertz CT molecular complexity index is 249. The second-order valence-electron chi connectivity index (χ2n) is 5.40. The maximum atomic E-state index is 11.8. The number of carbonyl (C=O) groups is 1. The van der Waals surface area contributed by atoms with E-state index in [1.165, 1.54) is 19.3 Å². The standard InChI is InChI=1S/C14H25NO2/c1-2-15(11-13-7-5-9-17-13)10-12-6-3-4-8-14(12)16/h12-13H,2-11H2,1H3. The third kappa shape index (κ3) is 3.78. The number of hydrogen-bond acceptors (Lipinski definition) is 3. The zero-order valence-corrected chi connectivity index (χ0v) is 11.0. The molecule has 0 aromatic heterocycles. The Balaban J connectivity index is 1.79. The average molecular weight is 239 g/mol. The fraction of sp³-hybridized carbons (Fsp3) is 0.929. The van der Waals surface area contributed by atoms with Gasteiger partial charge >= 0.3 is 0 Å². The van der Waals surface area contributed by atoms with Crippen molar-refractivity contribution < 1.29 is 9.53 Å². The Kier molecular flexibility index (Phi) is 4.99. The minimum atomic E-state index is 0.296. The molecule has 1 aliphatic heterocycles. The molecule has 3 nitrogen and oxygen atoms in total. The minimum Gasteiger partial charge on any atom is -0.377 e. The highest BCUT2D eigenvalue weighted by molar-refractivity contribution is 5.81. The number of likely N-dealkylation sites (N-methyl/N-ethyl adjacent to an activating group) is 1. The van der Waals surface area contributed by atoms with Crippen LogP contribution in [0, 0.1) is 5.92 Å². The number of rotatable bonds is 5. The molecular formula is C14H25NO2. The predicted octanol–water partition coefficient (Wildman–Crippen LogP) is 2.25. The Labute approximate surface area is 105 Å². The molecule has 98 valence electrons. The molecule has 0 bridgehead atoms. The fourth-order valence-electron chi connectivity index (χ4n) is 2.97. The van der Waals surface area contributed by atoms with Crippen LogP contribution in [0.15, 0.2) is 0 Å². The van der Waals surface area contributed by atoms with Crippen molar-refractivity contribution in [3.05, 3.63) is 0 Å². The molecule has 0 N–H and O–H groups in total.